The molecule has 1 atom stereocenters. The second kappa shape index (κ2) is 7.90. The molecule has 5 nitrogen and oxygen atoms in total. The number of ether oxygens (including phenoxy) is 2. The summed E-state index contributed by atoms with van der Waals surface area (Å²) in [6.45, 7) is 0.866. The number of benzene rings is 1. The van der Waals surface area contributed by atoms with Crippen molar-refractivity contribution < 1.29 is 14.3 Å². The molecule has 1 aromatic carbocycles. The highest BCUT2D eigenvalue weighted by Crippen LogP contribution is 2.30. The third kappa shape index (κ3) is 4.02. The average Bonchev–Trinajstić information content (AvgIpc) is 3.06. The van der Waals surface area contributed by atoms with Gasteiger partial charge in [-0.15, -0.1) is 11.3 Å². The highest BCUT2D eigenvalue weighted by Gasteiger charge is 2.26. The topological polar surface area (TPSA) is 60.5 Å². The zero-order valence-electron chi connectivity index (χ0n) is 13.7. The Balaban J connectivity index is 1.57. The molecular weight excluding hydrogens is 344 g/mol. The second-order valence-electron chi connectivity index (χ2n) is 5.57. The van der Waals surface area contributed by atoms with E-state index in [1.54, 1.807) is 30.2 Å². The molecule has 0 saturated heterocycles. The molecule has 1 aromatic heterocycles. The van der Waals surface area contributed by atoms with Gasteiger partial charge in [-0.05, 0) is 36.4 Å². The Labute approximate surface area is 149 Å². The number of nitrogens with one attached hydrogen (secondary N) is 1. The maximum absolute atomic E-state index is 12.4. The molecule has 128 valence electrons. The van der Waals surface area contributed by atoms with E-state index >= 15 is 0 Å². The number of thiazole rings is 1. The number of nitrogens with zero attached hydrogens (tertiary/aromatic N) is 1. The predicted octanol–water partition coefficient (Wildman–Crippen LogP) is 2.88. The predicted molar refractivity (Wildman–Crippen MR) is 96.9 cm³/mol. The summed E-state index contributed by atoms with van der Waals surface area (Å²) < 4.78 is 11.0. The van der Waals surface area contributed by atoms with Gasteiger partial charge in [-0.2, -0.15) is 11.8 Å². The van der Waals surface area contributed by atoms with Gasteiger partial charge in [0.2, 0.25) is 5.91 Å². The smallest absolute Gasteiger partial charge is 0.227 e. The third-order valence-electron chi connectivity index (χ3n) is 3.86. The molecule has 3 rings (SSSR count). The largest absolute Gasteiger partial charge is 0.497 e. The molecule has 0 spiro atoms. The van der Waals surface area contributed by atoms with Crippen LogP contribution in [0.1, 0.15) is 16.3 Å². The molecule has 0 saturated carbocycles. The first kappa shape index (κ1) is 17.1. The molecule has 0 radical (unpaired) electrons. The fourth-order valence-corrected chi connectivity index (χ4v) is 4.12. The zero-order chi connectivity index (χ0) is 16.9. The molecule has 1 aliphatic rings. The molecule has 2 heterocycles. The van der Waals surface area contributed by atoms with Crippen molar-refractivity contribution in [2.75, 3.05) is 20.0 Å². The van der Waals surface area contributed by atoms with Crippen molar-refractivity contribution >= 4 is 29.0 Å². The summed E-state index contributed by atoms with van der Waals surface area (Å²) in [5, 5.41) is 6.07. The average molecular weight is 364 g/mol. The second-order valence-corrected chi connectivity index (χ2v) is 7.38. The van der Waals surface area contributed by atoms with Crippen molar-refractivity contribution in [1.29, 1.82) is 0 Å². The van der Waals surface area contributed by atoms with Crippen molar-refractivity contribution in [3.63, 3.8) is 0 Å². The normalized spacial score (nSPS) is 16.2. The number of aromatic nitrogens is 1. The highest BCUT2D eigenvalue weighted by molar-refractivity contribution is 7.97. The van der Waals surface area contributed by atoms with Crippen LogP contribution in [0.5, 0.6) is 11.5 Å². The van der Waals surface area contributed by atoms with Gasteiger partial charge in [0.05, 0.1) is 25.3 Å². The van der Waals surface area contributed by atoms with Gasteiger partial charge in [0.25, 0.3) is 0 Å². The zero-order valence-corrected chi connectivity index (χ0v) is 15.3. The minimum absolute atomic E-state index is 0.00267. The Morgan fingerprint density at radius 1 is 1.54 bits per heavy atom. The molecule has 24 heavy (non-hydrogen) atoms. The van der Waals surface area contributed by atoms with E-state index in [1.165, 1.54) is 0 Å². The summed E-state index contributed by atoms with van der Waals surface area (Å²) >= 11 is 3.38. The molecule has 7 heteroatoms. The standard InChI is InChI=1S/C17H20N2O3S2/c1-21-14-3-4-15-11(6-14)5-12(8-22-15)17(20)18-7-13-9-24-16(19-13)10-23-2/h3-4,6,9,12H,5,7-8,10H2,1-2H3,(H,18,20). The van der Waals surface area contributed by atoms with E-state index in [2.05, 4.69) is 16.6 Å². The van der Waals surface area contributed by atoms with Gasteiger partial charge < -0.3 is 14.8 Å². The van der Waals surface area contributed by atoms with Gasteiger partial charge in [-0.1, -0.05) is 0 Å². The highest BCUT2D eigenvalue weighted by atomic mass is 32.2. The first-order valence-electron chi connectivity index (χ1n) is 7.69. The fraction of sp³-hybridized carbons (Fsp3) is 0.412. The lowest BCUT2D eigenvalue weighted by molar-refractivity contribution is -0.126. The number of rotatable bonds is 6. The number of hydrogen-bond donors (Lipinski definition) is 1. The van der Waals surface area contributed by atoms with E-state index in [0.717, 1.165) is 33.5 Å². The van der Waals surface area contributed by atoms with Crippen molar-refractivity contribution in [1.82, 2.24) is 10.3 Å². The summed E-state index contributed by atoms with van der Waals surface area (Å²) in [6, 6.07) is 5.70. The van der Waals surface area contributed by atoms with E-state index in [0.29, 0.717) is 19.6 Å². The molecule has 2 aromatic rings. The van der Waals surface area contributed by atoms with E-state index in [-0.39, 0.29) is 11.8 Å². The van der Waals surface area contributed by atoms with Crippen LogP contribution in [-0.4, -0.2) is 30.9 Å². The number of carbonyl (C=O) groups excluding carboxylic acids is 1. The van der Waals surface area contributed by atoms with E-state index in [4.69, 9.17) is 9.47 Å². The van der Waals surface area contributed by atoms with Crippen LogP contribution in [-0.2, 0) is 23.5 Å². The molecule has 0 fully saturated rings. The number of thioether (sulfide) groups is 1. The summed E-state index contributed by atoms with van der Waals surface area (Å²) in [5.74, 6) is 2.34. The van der Waals surface area contributed by atoms with E-state index < -0.39 is 0 Å². The lowest BCUT2D eigenvalue weighted by atomic mass is 9.96. The first-order valence-corrected chi connectivity index (χ1v) is 9.96. The SMILES string of the molecule is COc1ccc2c(c1)CC(C(=O)NCc1csc(CSC)n1)CO2. The van der Waals surface area contributed by atoms with Crippen molar-refractivity contribution in [3.05, 3.63) is 39.8 Å². The van der Waals surface area contributed by atoms with Crippen LogP contribution < -0.4 is 14.8 Å². The van der Waals surface area contributed by atoms with Crippen LogP contribution in [0.25, 0.3) is 0 Å². The van der Waals surface area contributed by atoms with Gasteiger partial charge in [-0.3, -0.25) is 4.79 Å². The lowest BCUT2D eigenvalue weighted by Crippen LogP contribution is -2.37. The molecule has 1 N–H and O–H groups in total. The van der Waals surface area contributed by atoms with Gasteiger partial charge in [0.15, 0.2) is 0 Å². The van der Waals surface area contributed by atoms with Gasteiger partial charge >= 0.3 is 0 Å². The van der Waals surface area contributed by atoms with Gasteiger partial charge in [0, 0.05) is 11.1 Å². The number of amides is 1. The Morgan fingerprint density at radius 2 is 2.42 bits per heavy atom. The van der Waals surface area contributed by atoms with E-state index in [9.17, 15) is 4.79 Å². The van der Waals surface area contributed by atoms with Crippen LogP contribution in [0.15, 0.2) is 23.6 Å². The minimum Gasteiger partial charge on any atom is -0.497 e. The summed E-state index contributed by atoms with van der Waals surface area (Å²) in [7, 11) is 1.63. The maximum Gasteiger partial charge on any atom is 0.227 e. The molecule has 0 aliphatic carbocycles. The van der Waals surface area contributed by atoms with Crippen LogP contribution in [0.3, 0.4) is 0 Å². The van der Waals surface area contributed by atoms with Gasteiger partial charge in [0.1, 0.15) is 23.1 Å². The summed E-state index contributed by atoms with van der Waals surface area (Å²) in [5.41, 5.74) is 1.92. The number of fused-ring (bicyclic) bond motifs is 1. The van der Waals surface area contributed by atoms with Crippen LogP contribution in [0.4, 0.5) is 0 Å². The van der Waals surface area contributed by atoms with Gasteiger partial charge in [-0.25, -0.2) is 4.98 Å². The Kier molecular flexibility index (Phi) is 5.63. The van der Waals surface area contributed by atoms with Crippen LogP contribution in [0, 0.1) is 5.92 Å². The molecule has 0 bridgehead atoms. The number of carbonyl (C=O) groups is 1. The van der Waals surface area contributed by atoms with Crippen molar-refractivity contribution in [3.8, 4) is 11.5 Å². The quantitative estimate of drug-likeness (QED) is 0.854. The maximum atomic E-state index is 12.4. The van der Waals surface area contributed by atoms with Crippen LogP contribution >= 0.6 is 23.1 Å². The minimum atomic E-state index is -0.186. The summed E-state index contributed by atoms with van der Waals surface area (Å²) in [6.07, 6.45) is 2.71. The third-order valence-corrected chi connectivity index (χ3v) is 5.50. The molecule has 1 aliphatic heterocycles. The molecule has 1 amide bonds. The Bertz CT molecular complexity index is 718. The summed E-state index contributed by atoms with van der Waals surface area (Å²) in [4.78, 5) is 16.9. The first-order chi connectivity index (χ1) is 11.7. The molecular formula is C17H20N2O3S2. The number of hydrogen-bond acceptors (Lipinski definition) is 6. The Morgan fingerprint density at radius 3 is 3.21 bits per heavy atom. The fourth-order valence-electron chi connectivity index (χ4n) is 2.61. The monoisotopic (exact) mass is 364 g/mol. The Hall–Kier alpha value is -1.73. The molecule has 1 unspecified atom stereocenters. The van der Waals surface area contributed by atoms with Crippen molar-refractivity contribution in [2.24, 2.45) is 5.92 Å². The van der Waals surface area contributed by atoms with E-state index in [1.807, 2.05) is 23.6 Å². The number of methoxy groups -OCH3 is 1. The van der Waals surface area contributed by atoms with Crippen LogP contribution in [0.2, 0.25) is 0 Å². The van der Waals surface area contributed by atoms with Crippen molar-refractivity contribution in [2.45, 2.75) is 18.7 Å². The lowest BCUT2D eigenvalue weighted by Gasteiger charge is -2.24.